The van der Waals surface area contributed by atoms with E-state index in [1.807, 2.05) is 0 Å². The zero-order valence-corrected chi connectivity index (χ0v) is 12.4. The summed E-state index contributed by atoms with van der Waals surface area (Å²) in [6, 6.07) is 0.422. The Morgan fingerprint density at radius 3 is 2.63 bits per heavy atom. The maximum Gasteiger partial charge on any atom is 0.220 e. The first-order valence-corrected chi connectivity index (χ1v) is 7.42. The summed E-state index contributed by atoms with van der Waals surface area (Å²) >= 11 is 0. The number of hydrogen-bond donors (Lipinski definition) is 2. The fourth-order valence-electron chi connectivity index (χ4n) is 2.43. The number of rotatable bonds is 8. The third kappa shape index (κ3) is 6.89. The zero-order valence-electron chi connectivity index (χ0n) is 12.4. The van der Waals surface area contributed by atoms with Gasteiger partial charge in [0.1, 0.15) is 0 Å². The minimum Gasteiger partial charge on any atom is -0.379 e. The van der Waals surface area contributed by atoms with Crippen LogP contribution in [-0.4, -0.2) is 56.2 Å². The van der Waals surface area contributed by atoms with Gasteiger partial charge in [-0.1, -0.05) is 13.8 Å². The Morgan fingerprint density at radius 2 is 2.05 bits per heavy atom. The first kappa shape index (κ1) is 16.4. The lowest BCUT2D eigenvalue weighted by atomic mass is 10.0. The van der Waals surface area contributed by atoms with E-state index in [0.717, 1.165) is 45.7 Å². The van der Waals surface area contributed by atoms with Crippen molar-refractivity contribution in [3.8, 4) is 0 Å². The number of nitrogens with one attached hydrogen (secondary N) is 1. The summed E-state index contributed by atoms with van der Waals surface area (Å²) in [5, 5.41) is 3.04. The minimum atomic E-state index is 0.118. The lowest BCUT2D eigenvalue weighted by molar-refractivity contribution is -0.121. The third-order valence-corrected chi connectivity index (χ3v) is 3.45. The van der Waals surface area contributed by atoms with Gasteiger partial charge in [0.2, 0.25) is 5.91 Å². The van der Waals surface area contributed by atoms with Crippen LogP contribution in [0.2, 0.25) is 0 Å². The van der Waals surface area contributed by atoms with Gasteiger partial charge >= 0.3 is 0 Å². The molecule has 1 fully saturated rings. The monoisotopic (exact) mass is 271 g/mol. The Kier molecular flexibility index (Phi) is 8.02. The summed E-state index contributed by atoms with van der Waals surface area (Å²) in [7, 11) is 0. The van der Waals surface area contributed by atoms with Crippen LogP contribution in [0, 0.1) is 5.92 Å². The van der Waals surface area contributed by atoms with Crippen LogP contribution in [0.5, 0.6) is 0 Å². The van der Waals surface area contributed by atoms with E-state index in [1.54, 1.807) is 0 Å². The zero-order chi connectivity index (χ0) is 14.1. The molecule has 1 aliphatic rings. The Balaban J connectivity index is 2.37. The predicted molar refractivity (Wildman–Crippen MR) is 76.9 cm³/mol. The summed E-state index contributed by atoms with van der Waals surface area (Å²) in [6.45, 7) is 9.30. The highest BCUT2D eigenvalue weighted by Crippen LogP contribution is 2.13. The van der Waals surface area contributed by atoms with Crippen LogP contribution in [-0.2, 0) is 9.53 Å². The SMILES string of the molecule is CC(C)CC(CNC(=O)CCCN)N1CCOCC1. The highest BCUT2D eigenvalue weighted by molar-refractivity contribution is 5.75. The van der Waals surface area contributed by atoms with Gasteiger partial charge < -0.3 is 15.8 Å². The average Bonchev–Trinajstić information content (AvgIpc) is 2.41. The second kappa shape index (κ2) is 9.28. The molecule has 5 heteroatoms. The molecule has 5 nitrogen and oxygen atoms in total. The molecule has 0 radical (unpaired) electrons. The molecule has 0 aromatic carbocycles. The van der Waals surface area contributed by atoms with Crippen molar-refractivity contribution in [1.82, 2.24) is 10.2 Å². The van der Waals surface area contributed by atoms with Crippen molar-refractivity contribution in [1.29, 1.82) is 0 Å². The van der Waals surface area contributed by atoms with E-state index < -0.39 is 0 Å². The molecule has 19 heavy (non-hydrogen) atoms. The molecule has 1 atom stereocenters. The lowest BCUT2D eigenvalue weighted by Gasteiger charge is -2.35. The second-order valence-corrected chi connectivity index (χ2v) is 5.63. The van der Waals surface area contributed by atoms with E-state index in [1.165, 1.54) is 0 Å². The van der Waals surface area contributed by atoms with E-state index in [4.69, 9.17) is 10.5 Å². The molecule has 0 saturated carbocycles. The number of carbonyl (C=O) groups excluding carboxylic acids is 1. The predicted octanol–water partition coefficient (Wildman–Crippen LogP) is 0.588. The van der Waals surface area contributed by atoms with Crippen LogP contribution in [0.15, 0.2) is 0 Å². The molecule has 0 aromatic rings. The molecule has 1 heterocycles. The molecule has 1 unspecified atom stereocenters. The van der Waals surface area contributed by atoms with E-state index in [9.17, 15) is 4.79 Å². The van der Waals surface area contributed by atoms with E-state index in [2.05, 4.69) is 24.1 Å². The first-order valence-electron chi connectivity index (χ1n) is 7.42. The minimum absolute atomic E-state index is 0.118. The van der Waals surface area contributed by atoms with Crippen LogP contribution in [0.25, 0.3) is 0 Å². The van der Waals surface area contributed by atoms with Crippen molar-refractivity contribution in [3.63, 3.8) is 0 Å². The van der Waals surface area contributed by atoms with E-state index in [0.29, 0.717) is 24.9 Å². The Bertz CT molecular complexity index is 253. The molecule has 1 saturated heterocycles. The summed E-state index contributed by atoms with van der Waals surface area (Å²) in [5.74, 6) is 0.751. The van der Waals surface area contributed by atoms with Gasteiger partial charge in [0.25, 0.3) is 0 Å². The quantitative estimate of drug-likeness (QED) is 0.678. The maximum absolute atomic E-state index is 11.7. The Morgan fingerprint density at radius 1 is 1.37 bits per heavy atom. The normalized spacial score (nSPS) is 18.5. The molecular weight excluding hydrogens is 242 g/mol. The molecule has 0 aliphatic carbocycles. The van der Waals surface area contributed by atoms with Crippen molar-refractivity contribution in [3.05, 3.63) is 0 Å². The summed E-state index contributed by atoms with van der Waals surface area (Å²) < 4.78 is 5.39. The molecule has 3 N–H and O–H groups in total. The van der Waals surface area contributed by atoms with Gasteiger partial charge in [-0.05, 0) is 25.3 Å². The standard InChI is InChI=1S/C14H29N3O2/c1-12(2)10-13(17-6-8-19-9-7-17)11-16-14(18)4-3-5-15/h12-13H,3-11,15H2,1-2H3,(H,16,18). The highest BCUT2D eigenvalue weighted by Gasteiger charge is 2.22. The number of nitrogens with two attached hydrogens (primary N) is 1. The molecule has 1 amide bonds. The van der Waals surface area contributed by atoms with Gasteiger partial charge in [-0.25, -0.2) is 0 Å². The van der Waals surface area contributed by atoms with E-state index >= 15 is 0 Å². The second-order valence-electron chi connectivity index (χ2n) is 5.63. The van der Waals surface area contributed by atoms with Gasteiger partial charge in [-0.2, -0.15) is 0 Å². The largest absolute Gasteiger partial charge is 0.379 e. The number of hydrogen-bond acceptors (Lipinski definition) is 4. The van der Waals surface area contributed by atoms with Gasteiger partial charge in [-0.3, -0.25) is 9.69 Å². The molecular formula is C14H29N3O2. The van der Waals surface area contributed by atoms with Crippen LogP contribution in [0.4, 0.5) is 0 Å². The Hall–Kier alpha value is -0.650. The van der Waals surface area contributed by atoms with Crippen molar-refractivity contribution >= 4 is 5.91 Å². The average molecular weight is 271 g/mol. The molecule has 112 valence electrons. The van der Waals surface area contributed by atoms with E-state index in [-0.39, 0.29) is 5.91 Å². The number of carbonyl (C=O) groups is 1. The van der Waals surface area contributed by atoms with Crippen LogP contribution >= 0.6 is 0 Å². The summed E-state index contributed by atoms with van der Waals surface area (Å²) in [6.07, 6.45) is 2.41. The van der Waals surface area contributed by atoms with Gasteiger partial charge in [0.05, 0.1) is 13.2 Å². The fraction of sp³-hybridized carbons (Fsp3) is 0.929. The molecule has 0 spiro atoms. The van der Waals surface area contributed by atoms with Gasteiger partial charge in [0, 0.05) is 32.1 Å². The van der Waals surface area contributed by atoms with Crippen LogP contribution in [0.1, 0.15) is 33.1 Å². The number of nitrogens with zero attached hydrogens (tertiary/aromatic N) is 1. The first-order chi connectivity index (χ1) is 9.13. The number of morpholine rings is 1. The van der Waals surface area contributed by atoms with Crippen molar-refractivity contribution < 1.29 is 9.53 Å². The van der Waals surface area contributed by atoms with Crippen LogP contribution < -0.4 is 11.1 Å². The van der Waals surface area contributed by atoms with Gasteiger partial charge in [0.15, 0.2) is 0 Å². The lowest BCUT2D eigenvalue weighted by Crippen LogP contribution is -2.49. The molecule has 1 rings (SSSR count). The van der Waals surface area contributed by atoms with Crippen molar-refractivity contribution in [2.24, 2.45) is 11.7 Å². The fourth-order valence-corrected chi connectivity index (χ4v) is 2.43. The maximum atomic E-state index is 11.7. The smallest absolute Gasteiger partial charge is 0.220 e. The molecule has 0 aromatic heterocycles. The number of ether oxygens (including phenoxy) is 1. The third-order valence-electron chi connectivity index (χ3n) is 3.45. The number of amides is 1. The van der Waals surface area contributed by atoms with Crippen molar-refractivity contribution in [2.75, 3.05) is 39.4 Å². The van der Waals surface area contributed by atoms with Crippen molar-refractivity contribution in [2.45, 2.75) is 39.2 Å². The molecule has 1 aliphatic heterocycles. The molecule has 0 bridgehead atoms. The van der Waals surface area contributed by atoms with Crippen LogP contribution in [0.3, 0.4) is 0 Å². The highest BCUT2D eigenvalue weighted by atomic mass is 16.5. The Labute approximate surface area is 116 Å². The topological polar surface area (TPSA) is 67.6 Å². The van der Waals surface area contributed by atoms with Gasteiger partial charge in [-0.15, -0.1) is 0 Å². The summed E-state index contributed by atoms with van der Waals surface area (Å²) in [4.78, 5) is 14.1. The summed E-state index contributed by atoms with van der Waals surface area (Å²) in [5.41, 5.74) is 5.41.